The maximum Gasteiger partial charge on any atom is 0.257 e. The molecule has 0 saturated carbocycles. The molecule has 1 fully saturated rings. The van der Waals surface area contributed by atoms with E-state index in [1.165, 1.54) is 12.1 Å². The maximum absolute atomic E-state index is 13.1. The van der Waals surface area contributed by atoms with E-state index in [-0.39, 0.29) is 11.7 Å². The zero-order chi connectivity index (χ0) is 20.9. The number of anilines is 4. The molecule has 0 unspecified atom stereocenters. The number of aromatic nitrogens is 1. The highest BCUT2D eigenvalue weighted by molar-refractivity contribution is 6.33. The predicted molar refractivity (Wildman–Crippen MR) is 118 cm³/mol. The summed E-state index contributed by atoms with van der Waals surface area (Å²) in [4.78, 5) is 19.2. The first-order valence-corrected chi connectivity index (χ1v) is 10.0. The van der Waals surface area contributed by atoms with Gasteiger partial charge in [0.15, 0.2) is 0 Å². The molecule has 2 heterocycles. The van der Waals surface area contributed by atoms with Gasteiger partial charge in [-0.3, -0.25) is 4.79 Å². The van der Waals surface area contributed by atoms with Gasteiger partial charge in [0.1, 0.15) is 11.6 Å². The Bertz CT molecular complexity index is 1020. The Balaban J connectivity index is 1.44. The summed E-state index contributed by atoms with van der Waals surface area (Å²) in [6.45, 7) is 3.64. The number of amides is 1. The molecule has 3 N–H and O–H groups in total. The molecule has 0 radical (unpaired) electrons. The van der Waals surface area contributed by atoms with Gasteiger partial charge < -0.3 is 20.9 Å². The van der Waals surface area contributed by atoms with E-state index in [1.807, 2.05) is 6.07 Å². The number of nitrogens with one attached hydrogen (secondary N) is 3. The summed E-state index contributed by atoms with van der Waals surface area (Å²) in [5, 5.41) is 9.77. The zero-order valence-corrected chi connectivity index (χ0v) is 16.9. The number of hydrogen-bond acceptors (Lipinski definition) is 5. The van der Waals surface area contributed by atoms with E-state index in [4.69, 9.17) is 11.6 Å². The number of hydrogen-bond donors (Lipinski definition) is 3. The lowest BCUT2D eigenvalue weighted by Gasteiger charge is -2.28. The van der Waals surface area contributed by atoms with Crippen LogP contribution in [0.5, 0.6) is 0 Å². The van der Waals surface area contributed by atoms with E-state index in [0.29, 0.717) is 27.6 Å². The number of nitrogens with zero attached hydrogens (tertiary/aromatic N) is 2. The Morgan fingerprint density at radius 2 is 1.77 bits per heavy atom. The molecule has 0 atom stereocenters. The van der Waals surface area contributed by atoms with Gasteiger partial charge in [-0.1, -0.05) is 11.6 Å². The number of carbonyl (C=O) groups excluding carboxylic acids is 1. The summed E-state index contributed by atoms with van der Waals surface area (Å²) in [5.74, 6) is 0.291. The third kappa shape index (κ3) is 4.87. The minimum atomic E-state index is -0.316. The van der Waals surface area contributed by atoms with Gasteiger partial charge in [-0.25, -0.2) is 9.37 Å². The molecule has 1 aliphatic rings. The predicted octanol–water partition coefficient (Wildman–Crippen LogP) is 4.28. The first kappa shape index (κ1) is 20.1. The molecule has 154 valence electrons. The van der Waals surface area contributed by atoms with Crippen LogP contribution in [0.2, 0.25) is 5.02 Å². The third-order valence-corrected chi connectivity index (χ3v) is 5.13. The third-order valence-electron chi connectivity index (χ3n) is 4.80. The molecule has 2 aromatic carbocycles. The fraction of sp³-hybridized carbons (Fsp3) is 0.182. The molecule has 30 heavy (non-hydrogen) atoms. The molecule has 6 nitrogen and oxygen atoms in total. The molecule has 4 rings (SSSR count). The highest BCUT2D eigenvalue weighted by atomic mass is 35.5. The Labute approximate surface area is 179 Å². The van der Waals surface area contributed by atoms with Crippen molar-refractivity contribution in [2.75, 3.05) is 41.7 Å². The molecular weight excluding hydrogens is 405 g/mol. The van der Waals surface area contributed by atoms with Crippen LogP contribution in [0.4, 0.5) is 27.3 Å². The monoisotopic (exact) mass is 425 g/mol. The summed E-state index contributed by atoms with van der Waals surface area (Å²) in [6, 6.07) is 14.7. The lowest BCUT2D eigenvalue weighted by Crippen LogP contribution is -2.43. The van der Waals surface area contributed by atoms with Gasteiger partial charge in [0.05, 0.1) is 16.3 Å². The molecule has 1 saturated heterocycles. The van der Waals surface area contributed by atoms with Crippen molar-refractivity contribution >= 4 is 40.4 Å². The van der Waals surface area contributed by atoms with Crippen molar-refractivity contribution in [3.8, 4) is 0 Å². The van der Waals surface area contributed by atoms with Gasteiger partial charge >= 0.3 is 0 Å². The Kier molecular flexibility index (Phi) is 6.11. The SMILES string of the molecule is O=C(Nc1ccc(Cl)c(Nc2ccc(F)cc2)c1)c1ccc(N2CCNCC2)nc1. The fourth-order valence-electron chi connectivity index (χ4n) is 3.19. The minimum Gasteiger partial charge on any atom is -0.354 e. The molecule has 0 aliphatic carbocycles. The van der Waals surface area contributed by atoms with Crippen molar-refractivity contribution in [2.45, 2.75) is 0 Å². The number of carbonyl (C=O) groups is 1. The van der Waals surface area contributed by atoms with Crippen LogP contribution in [0.1, 0.15) is 10.4 Å². The number of piperazine rings is 1. The van der Waals surface area contributed by atoms with Crippen LogP contribution in [0, 0.1) is 5.82 Å². The summed E-state index contributed by atoms with van der Waals surface area (Å²) < 4.78 is 13.1. The van der Waals surface area contributed by atoms with Crippen molar-refractivity contribution in [3.63, 3.8) is 0 Å². The van der Waals surface area contributed by atoms with E-state index in [9.17, 15) is 9.18 Å². The summed E-state index contributed by atoms with van der Waals surface area (Å²) >= 11 is 6.25. The average Bonchev–Trinajstić information content (AvgIpc) is 2.78. The lowest BCUT2D eigenvalue weighted by molar-refractivity contribution is 0.102. The van der Waals surface area contributed by atoms with Crippen LogP contribution < -0.4 is 20.9 Å². The van der Waals surface area contributed by atoms with Crippen molar-refractivity contribution in [1.82, 2.24) is 10.3 Å². The summed E-state index contributed by atoms with van der Waals surface area (Å²) in [7, 11) is 0. The van der Waals surface area contributed by atoms with E-state index in [2.05, 4.69) is 25.8 Å². The van der Waals surface area contributed by atoms with E-state index >= 15 is 0 Å². The first-order valence-electron chi connectivity index (χ1n) is 9.64. The molecule has 1 amide bonds. The van der Waals surface area contributed by atoms with Crippen LogP contribution >= 0.6 is 11.6 Å². The average molecular weight is 426 g/mol. The second-order valence-corrected chi connectivity index (χ2v) is 7.33. The molecule has 1 aliphatic heterocycles. The Morgan fingerprint density at radius 1 is 1.03 bits per heavy atom. The van der Waals surface area contributed by atoms with Crippen molar-refractivity contribution in [3.05, 3.63) is 77.2 Å². The molecule has 0 bridgehead atoms. The van der Waals surface area contributed by atoms with Crippen molar-refractivity contribution < 1.29 is 9.18 Å². The van der Waals surface area contributed by atoms with Crippen LogP contribution in [0.15, 0.2) is 60.8 Å². The minimum absolute atomic E-state index is 0.260. The number of pyridine rings is 1. The standard InChI is InChI=1S/C22H21ClFN5O/c23-19-7-6-18(13-20(19)27-17-4-2-16(24)3-5-17)28-22(30)15-1-8-21(26-14-15)29-11-9-25-10-12-29/h1-8,13-14,25,27H,9-12H2,(H,28,30). The van der Waals surface area contributed by atoms with Gasteiger partial charge in [-0.15, -0.1) is 0 Å². The van der Waals surface area contributed by atoms with Crippen molar-refractivity contribution in [2.24, 2.45) is 0 Å². The van der Waals surface area contributed by atoms with Crippen molar-refractivity contribution in [1.29, 1.82) is 0 Å². The highest BCUT2D eigenvalue weighted by Gasteiger charge is 2.13. The topological polar surface area (TPSA) is 69.3 Å². The van der Waals surface area contributed by atoms with E-state index in [1.54, 1.807) is 42.6 Å². The molecule has 3 aromatic rings. The lowest BCUT2D eigenvalue weighted by atomic mass is 10.2. The second-order valence-electron chi connectivity index (χ2n) is 6.92. The molecule has 0 spiro atoms. The maximum atomic E-state index is 13.1. The zero-order valence-electron chi connectivity index (χ0n) is 16.2. The van der Waals surface area contributed by atoms with Crippen LogP contribution in [-0.4, -0.2) is 37.1 Å². The molecule has 1 aromatic heterocycles. The number of benzene rings is 2. The highest BCUT2D eigenvalue weighted by Crippen LogP contribution is 2.29. The first-order chi connectivity index (χ1) is 14.6. The normalized spacial score (nSPS) is 13.7. The molecule has 8 heteroatoms. The molecular formula is C22H21ClFN5O. The van der Waals surface area contributed by atoms with Crippen LogP contribution in [0.25, 0.3) is 0 Å². The summed E-state index contributed by atoms with van der Waals surface area (Å²) in [6.07, 6.45) is 1.58. The van der Waals surface area contributed by atoms with Crippen LogP contribution in [0.3, 0.4) is 0 Å². The second kappa shape index (κ2) is 9.11. The van der Waals surface area contributed by atoms with Gasteiger partial charge in [0.25, 0.3) is 5.91 Å². The number of halogens is 2. The Hall–Kier alpha value is -3.16. The van der Waals surface area contributed by atoms with E-state index in [0.717, 1.165) is 32.0 Å². The van der Waals surface area contributed by atoms with Gasteiger partial charge in [-0.05, 0) is 54.6 Å². The van der Waals surface area contributed by atoms with Gasteiger partial charge in [-0.2, -0.15) is 0 Å². The fourth-order valence-corrected chi connectivity index (χ4v) is 3.36. The Morgan fingerprint density at radius 3 is 2.47 bits per heavy atom. The quantitative estimate of drug-likeness (QED) is 0.569. The number of rotatable bonds is 5. The van der Waals surface area contributed by atoms with Gasteiger partial charge in [0.2, 0.25) is 0 Å². The largest absolute Gasteiger partial charge is 0.354 e. The van der Waals surface area contributed by atoms with Gasteiger partial charge in [0, 0.05) is 43.8 Å². The van der Waals surface area contributed by atoms with Crippen LogP contribution in [-0.2, 0) is 0 Å². The summed E-state index contributed by atoms with van der Waals surface area (Å²) in [5.41, 5.74) is 2.35. The van der Waals surface area contributed by atoms with E-state index < -0.39 is 0 Å². The smallest absolute Gasteiger partial charge is 0.257 e.